The first-order valence-corrected chi connectivity index (χ1v) is 8.49. The van der Waals surface area contributed by atoms with E-state index < -0.39 is 0 Å². The molecule has 6 heteroatoms. The fraction of sp³-hybridized carbons (Fsp3) is 0.263. The molecule has 0 bridgehead atoms. The quantitative estimate of drug-likeness (QED) is 0.799. The van der Waals surface area contributed by atoms with E-state index in [0.717, 1.165) is 35.9 Å². The highest BCUT2D eigenvalue weighted by atomic mass is 16.2. The zero-order valence-corrected chi connectivity index (χ0v) is 14.2. The molecule has 2 aromatic heterocycles. The third-order valence-corrected chi connectivity index (χ3v) is 4.70. The first-order chi connectivity index (χ1) is 12.2. The van der Waals surface area contributed by atoms with Crippen LogP contribution in [0, 0.1) is 0 Å². The Hall–Kier alpha value is -3.02. The average Bonchev–Trinajstić information content (AvgIpc) is 3.31. The van der Waals surface area contributed by atoms with Crippen molar-refractivity contribution in [2.75, 3.05) is 31.1 Å². The third kappa shape index (κ3) is 3.03. The summed E-state index contributed by atoms with van der Waals surface area (Å²) >= 11 is 0. The molecule has 3 heterocycles. The fourth-order valence-corrected chi connectivity index (χ4v) is 3.22. The number of aromatic amines is 1. The topological polar surface area (TPSA) is 57.2 Å². The van der Waals surface area contributed by atoms with Crippen molar-refractivity contribution in [3.8, 4) is 11.3 Å². The summed E-state index contributed by atoms with van der Waals surface area (Å²) in [5.41, 5.74) is 2.87. The number of H-pyrrole nitrogens is 1. The number of nitrogens with zero attached hydrogens (tertiary/aromatic N) is 4. The second-order valence-corrected chi connectivity index (χ2v) is 6.29. The van der Waals surface area contributed by atoms with Crippen LogP contribution in [0.1, 0.15) is 10.5 Å². The van der Waals surface area contributed by atoms with Gasteiger partial charge in [0.05, 0.1) is 5.69 Å². The molecule has 3 aromatic rings. The summed E-state index contributed by atoms with van der Waals surface area (Å²) in [6.45, 7) is 2.99. The van der Waals surface area contributed by atoms with Gasteiger partial charge in [-0.25, -0.2) is 0 Å². The Labute approximate surface area is 146 Å². The van der Waals surface area contributed by atoms with Crippen LogP contribution in [-0.4, -0.2) is 51.8 Å². The van der Waals surface area contributed by atoms with Crippen LogP contribution in [0.5, 0.6) is 0 Å². The highest BCUT2D eigenvalue weighted by molar-refractivity contribution is 5.93. The smallest absolute Gasteiger partial charge is 0.270 e. The molecule has 0 atom stereocenters. The number of hydrogen-bond donors (Lipinski definition) is 1. The largest absolute Gasteiger partial charge is 0.352 e. The maximum atomic E-state index is 12.6. The average molecular weight is 335 g/mol. The van der Waals surface area contributed by atoms with Gasteiger partial charge in [-0.05, 0) is 17.7 Å². The summed E-state index contributed by atoms with van der Waals surface area (Å²) in [6.07, 6.45) is 1.90. The van der Waals surface area contributed by atoms with Crippen LogP contribution in [0.4, 0.5) is 5.82 Å². The number of amides is 1. The van der Waals surface area contributed by atoms with E-state index in [4.69, 9.17) is 0 Å². The lowest BCUT2D eigenvalue weighted by Gasteiger charge is -2.34. The minimum atomic E-state index is 0.0964. The van der Waals surface area contributed by atoms with E-state index in [0.29, 0.717) is 13.1 Å². The molecule has 1 amide bonds. The van der Waals surface area contributed by atoms with Crippen molar-refractivity contribution in [2.24, 2.45) is 7.05 Å². The molecule has 0 spiro atoms. The van der Waals surface area contributed by atoms with E-state index in [9.17, 15) is 4.79 Å². The molecular weight excluding hydrogens is 314 g/mol. The number of rotatable bonds is 3. The predicted octanol–water partition coefficient (Wildman–Crippen LogP) is 2.38. The van der Waals surface area contributed by atoms with Crippen molar-refractivity contribution in [3.05, 3.63) is 60.4 Å². The molecule has 1 aliphatic heterocycles. The van der Waals surface area contributed by atoms with Gasteiger partial charge in [-0.3, -0.25) is 9.89 Å². The second-order valence-electron chi connectivity index (χ2n) is 6.29. The number of aromatic nitrogens is 3. The lowest BCUT2D eigenvalue weighted by molar-refractivity contribution is 0.0737. The van der Waals surface area contributed by atoms with Crippen LogP contribution in [0.2, 0.25) is 0 Å². The predicted molar refractivity (Wildman–Crippen MR) is 97.6 cm³/mol. The Morgan fingerprint density at radius 1 is 1.04 bits per heavy atom. The van der Waals surface area contributed by atoms with Gasteiger partial charge < -0.3 is 14.4 Å². The SMILES string of the molecule is Cn1cccc1C(=O)N1CCN(c2cc(-c3ccccc3)[nH]n2)CC1. The van der Waals surface area contributed by atoms with Crippen molar-refractivity contribution in [1.29, 1.82) is 0 Å². The van der Waals surface area contributed by atoms with Crippen LogP contribution in [0.25, 0.3) is 11.3 Å². The number of benzene rings is 1. The van der Waals surface area contributed by atoms with Crippen LogP contribution in [0.3, 0.4) is 0 Å². The minimum absolute atomic E-state index is 0.0964. The number of piperazine rings is 1. The number of hydrogen-bond acceptors (Lipinski definition) is 3. The zero-order valence-electron chi connectivity index (χ0n) is 14.2. The van der Waals surface area contributed by atoms with E-state index >= 15 is 0 Å². The highest BCUT2D eigenvalue weighted by Gasteiger charge is 2.24. The number of carbonyl (C=O) groups excluding carboxylic acids is 1. The molecule has 1 aliphatic rings. The van der Waals surface area contributed by atoms with Crippen LogP contribution in [0.15, 0.2) is 54.7 Å². The van der Waals surface area contributed by atoms with Gasteiger partial charge >= 0.3 is 0 Å². The Balaban J connectivity index is 1.42. The summed E-state index contributed by atoms with van der Waals surface area (Å²) in [4.78, 5) is 16.7. The first kappa shape index (κ1) is 15.5. The highest BCUT2D eigenvalue weighted by Crippen LogP contribution is 2.22. The molecule has 128 valence electrons. The lowest BCUT2D eigenvalue weighted by atomic mass is 10.1. The van der Waals surface area contributed by atoms with E-state index in [2.05, 4.69) is 33.3 Å². The van der Waals surface area contributed by atoms with Crippen LogP contribution < -0.4 is 4.90 Å². The molecule has 0 saturated carbocycles. The maximum Gasteiger partial charge on any atom is 0.270 e. The van der Waals surface area contributed by atoms with Crippen LogP contribution in [-0.2, 0) is 7.05 Å². The molecule has 6 nitrogen and oxygen atoms in total. The molecule has 1 saturated heterocycles. The van der Waals surface area contributed by atoms with E-state index in [1.54, 1.807) is 0 Å². The number of nitrogens with one attached hydrogen (secondary N) is 1. The van der Waals surface area contributed by atoms with Crippen molar-refractivity contribution >= 4 is 11.7 Å². The Morgan fingerprint density at radius 3 is 2.48 bits per heavy atom. The van der Waals surface area contributed by atoms with Gasteiger partial charge in [-0.15, -0.1) is 0 Å². The van der Waals surface area contributed by atoms with Crippen molar-refractivity contribution in [2.45, 2.75) is 0 Å². The maximum absolute atomic E-state index is 12.6. The molecule has 1 fully saturated rings. The van der Waals surface area contributed by atoms with Gasteiger partial charge in [0.2, 0.25) is 0 Å². The Morgan fingerprint density at radius 2 is 1.80 bits per heavy atom. The van der Waals surface area contributed by atoms with Gasteiger partial charge in [-0.2, -0.15) is 5.10 Å². The third-order valence-electron chi connectivity index (χ3n) is 4.70. The zero-order chi connectivity index (χ0) is 17.2. The first-order valence-electron chi connectivity index (χ1n) is 8.49. The second kappa shape index (κ2) is 6.47. The normalized spacial score (nSPS) is 14.8. The molecular formula is C19H21N5O. The van der Waals surface area contributed by atoms with Crippen molar-refractivity contribution in [3.63, 3.8) is 0 Å². The Kier molecular flexibility index (Phi) is 4.01. The molecule has 1 N–H and O–H groups in total. The van der Waals surface area contributed by atoms with Crippen molar-refractivity contribution in [1.82, 2.24) is 19.7 Å². The van der Waals surface area contributed by atoms with E-state index in [-0.39, 0.29) is 5.91 Å². The van der Waals surface area contributed by atoms with Gasteiger partial charge in [0.15, 0.2) is 5.82 Å². The lowest BCUT2D eigenvalue weighted by Crippen LogP contribution is -2.49. The number of anilines is 1. The number of carbonyl (C=O) groups is 1. The minimum Gasteiger partial charge on any atom is -0.352 e. The van der Waals surface area contributed by atoms with Gasteiger partial charge in [0, 0.05) is 45.5 Å². The van der Waals surface area contributed by atoms with Gasteiger partial charge in [0.25, 0.3) is 5.91 Å². The standard InChI is InChI=1S/C19H21N5O/c1-22-9-5-8-17(22)19(25)24-12-10-23(11-13-24)18-14-16(20-21-18)15-6-3-2-4-7-15/h2-9,14H,10-13H2,1H3,(H,20,21). The summed E-state index contributed by atoms with van der Waals surface area (Å²) in [6, 6.07) is 16.0. The summed E-state index contributed by atoms with van der Waals surface area (Å²) in [5.74, 6) is 1.03. The summed E-state index contributed by atoms with van der Waals surface area (Å²) in [5, 5.41) is 7.55. The molecule has 25 heavy (non-hydrogen) atoms. The van der Waals surface area contributed by atoms with Gasteiger partial charge in [0.1, 0.15) is 5.69 Å². The Bertz CT molecular complexity index is 859. The van der Waals surface area contributed by atoms with Crippen LogP contribution >= 0.6 is 0 Å². The summed E-state index contributed by atoms with van der Waals surface area (Å²) < 4.78 is 1.87. The molecule has 4 rings (SSSR count). The fourth-order valence-electron chi connectivity index (χ4n) is 3.22. The molecule has 1 aromatic carbocycles. The summed E-state index contributed by atoms with van der Waals surface area (Å²) in [7, 11) is 1.90. The number of aryl methyl sites for hydroxylation is 1. The van der Waals surface area contributed by atoms with E-state index in [1.807, 2.05) is 53.0 Å². The monoisotopic (exact) mass is 335 g/mol. The molecule has 0 aliphatic carbocycles. The molecule has 0 radical (unpaired) electrons. The molecule has 0 unspecified atom stereocenters. The van der Waals surface area contributed by atoms with Gasteiger partial charge in [-0.1, -0.05) is 30.3 Å². The van der Waals surface area contributed by atoms with Crippen molar-refractivity contribution < 1.29 is 4.79 Å². The van der Waals surface area contributed by atoms with E-state index in [1.165, 1.54) is 0 Å².